The lowest BCUT2D eigenvalue weighted by Crippen LogP contribution is -2.36. The van der Waals surface area contributed by atoms with Gasteiger partial charge in [-0.25, -0.2) is 0 Å². The molecular weight excluding hydrogens is 186 g/mol. The van der Waals surface area contributed by atoms with E-state index in [4.69, 9.17) is 5.11 Å². The SMILES string of the molecule is CC(C)CCCN1CCCC(CCO)C1. The molecule has 0 aromatic carbocycles. The molecule has 0 radical (unpaired) electrons. The molecule has 0 amide bonds. The minimum absolute atomic E-state index is 0.366. The fourth-order valence-corrected chi connectivity index (χ4v) is 2.50. The first-order valence-corrected chi connectivity index (χ1v) is 6.55. The largest absolute Gasteiger partial charge is 0.396 e. The maximum atomic E-state index is 8.94. The van der Waals surface area contributed by atoms with Crippen molar-refractivity contribution in [2.75, 3.05) is 26.2 Å². The van der Waals surface area contributed by atoms with E-state index in [0.29, 0.717) is 6.61 Å². The summed E-state index contributed by atoms with van der Waals surface area (Å²) in [6, 6.07) is 0. The van der Waals surface area contributed by atoms with Crippen LogP contribution in [0.4, 0.5) is 0 Å². The van der Waals surface area contributed by atoms with Crippen LogP contribution in [0.5, 0.6) is 0 Å². The zero-order valence-electron chi connectivity index (χ0n) is 10.4. The first-order chi connectivity index (χ1) is 7.22. The molecule has 15 heavy (non-hydrogen) atoms. The molecule has 1 fully saturated rings. The second-order valence-corrected chi connectivity index (χ2v) is 5.36. The van der Waals surface area contributed by atoms with E-state index in [1.807, 2.05) is 0 Å². The van der Waals surface area contributed by atoms with E-state index in [1.165, 1.54) is 45.3 Å². The standard InChI is InChI=1S/C13H27NO/c1-12(2)5-3-8-14-9-4-6-13(11-14)7-10-15/h12-13,15H,3-11H2,1-2H3. The van der Waals surface area contributed by atoms with Gasteiger partial charge in [0.1, 0.15) is 0 Å². The average molecular weight is 213 g/mol. The predicted molar refractivity (Wildman–Crippen MR) is 64.9 cm³/mol. The van der Waals surface area contributed by atoms with Crippen molar-refractivity contribution in [1.29, 1.82) is 0 Å². The van der Waals surface area contributed by atoms with E-state index in [1.54, 1.807) is 0 Å². The van der Waals surface area contributed by atoms with E-state index in [2.05, 4.69) is 18.7 Å². The number of likely N-dealkylation sites (tertiary alicyclic amines) is 1. The van der Waals surface area contributed by atoms with Crippen LogP contribution < -0.4 is 0 Å². The lowest BCUT2D eigenvalue weighted by atomic mass is 9.95. The van der Waals surface area contributed by atoms with Gasteiger partial charge in [-0.15, -0.1) is 0 Å². The number of nitrogens with zero attached hydrogens (tertiary/aromatic N) is 1. The molecule has 1 aliphatic heterocycles. The molecule has 0 spiro atoms. The maximum absolute atomic E-state index is 8.94. The Kier molecular flexibility index (Phi) is 6.26. The molecule has 1 atom stereocenters. The van der Waals surface area contributed by atoms with Crippen LogP contribution in [0, 0.1) is 11.8 Å². The Hall–Kier alpha value is -0.0800. The van der Waals surface area contributed by atoms with E-state index in [0.717, 1.165) is 18.3 Å². The summed E-state index contributed by atoms with van der Waals surface area (Å²) < 4.78 is 0. The Morgan fingerprint density at radius 2 is 2.20 bits per heavy atom. The summed E-state index contributed by atoms with van der Waals surface area (Å²) in [6.45, 7) is 8.72. The fourth-order valence-electron chi connectivity index (χ4n) is 2.50. The first-order valence-electron chi connectivity index (χ1n) is 6.55. The molecule has 0 bridgehead atoms. The summed E-state index contributed by atoms with van der Waals surface area (Å²) in [5.41, 5.74) is 0. The second kappa shape index (κ2) is 7.24. The lowest BCUT2D eigenvalue weighted by molar-refractivity contribution is 0.145. The minimum atomic E-state index is 0.366. The summed E-state index contributed by atoms with van der Waals surface area (Å²) in [5, 5.41) is 8.94. The molecule has 0 saturated carbocycles. The van der Waals surface area contributed by atoms with Gasteiger partial charge in [-0.2, -0.15) is 0 Å². The number of piperidine rings is 1. The van der Waals surface area contributed by atoms with Crippen LogP contribution in [-0.4, -0.2) is 36.2 Å². The van der Waals surface area contributed by atoms with Crippen LogP contribution in [0.2, 0.25) is 0 Å². The quantitative estimate of drug-likeness (QED) is 0.733. The van der Waals surface area contributed by atoms with Crippen molar-refractivity contribution in [3.05, 3.63) is 0 Å². The van der Waals surface area contributed by atoms with Gasteiger partial charge >= 0.3 is 0 Å². The first kappa shape index (κ1) is 13.0. The van der Waals surface area contributed by atoms with Crippen molar-refractivity contribution in [2.24, 2.45) is 11.8 Å². The molecule has 90 valence electrons. The van der Waals surface area contributed by atoms with Gasteiger partial charge in [0.25, 0.3) is 0 Å². The number of rotatable bonds is 6. The zero-order chi connectivity index (χ0) is 11.1. The molecular formula is C13H27NO. The monoisotopic (exact) mass is 213 g/mol. The third kappa shape index (κ3) is 5.53. The number of aliphatic hydroxyl groups excluding tert-OH is 1. The molecule has 0 aromatic rings. The highest BCUT2D eigenvalue weighted by atomic mass is 16.3. The van der Waals surface area contributed by atoms with Crippen LogP contribution in [0.3, 0.4) is 0 Å². The topological polar surface area (TPSA) is 23.5 Å². The van der Waals surface area contributed by atoms with Gasteiger partial charge in [0.05, 0.1) is 0 Å². The van der Waals surface area contributed by atoms with E-state index < -0.39 is 0 Å². The molecule has 0 aromatic heterocycles. The van der Waals surface area contributed by atoms with Crippen molar-refractivity contribution < 1.29 is 5.11 Å². The molecule has 1 unspecified atom stereocenters. The smallest absolute Gasteiger partial charge is 0.0434 e. The van der Waals surface area contributed by atoms with Gasteiger partial charge in [0.2, 0.25) is 0 Å². The van der Waals surface area contributed by atoms with Crippen molar-refractivity contribution in [3.63, 3.8) is 0 Å². The van der Waals surface area contributed by atoms with Crippen molar-refractivity contribution >= 4 is 0 Å². The summed E-state index contributed by atoms with van der Waals surface area (Å²) in [6.07, 6.45) is 6.33. The van der Waals surface area contributed by atoms with Crippen LogP contribution >= 0.6 is 0 Å². The average Bonchev–Trinajstić information content (AvgIpc) is 2.18. The maximum Gasteiger partial charge on any atom is 0.0434 e. The Bertz CT molecular complexity index is 157. The summed E-state index contributed by atoms with van der Waals surface area (Å²) in [7, 11) is 0. The number of hydrogen-bond donors (Lipinski definition) is 1. The van der Waals surface area contributed by atoms with E-state index >= 15 is 0 Å². The molecule has 0 aliphatic carbocycles. The number of hydrogen-bond acceptors (Lipinski definition) is 2. The van der Waals surface area contributed by atoms with Gasteiger partial charge in [0, 0.05) is 13.2 Å². The van der Waals surface area contributed by atoms with Gasteiger partial charge < -0.3 is 10.0 Å². The normalized spacial score (nSPS) is 23.6. The molecule has 1 rings (SSSR count). The van der Waals surface area contributed by atoms with Gasteiger partial charge in [-0.05, 0) is 57.0 Å². The minimum Gasteiger partial charge on any atom is -0.396 e. The van der Waals surface area contributed by atoms with Crippen LogP contribution in [-0.2, 0) is 0 Å². The molecule has 1 aliphatic rings. The van der Waals surface area contributed by atoms with Crippen molar-refractivity contribution in [1.82, 2.24) is 4.90 Å². The van der Waals surface area contributed by atoms with Crippen molar-refractivity contribution in [3.8, 4) is 0 Å². The molecule has 1 heterocycles. The van der Waals surface area contributed by atoms with Crippen LogP contribution in [0.25, 0.3) is 0 Å². The van der Waals surface area contributed by atoms with E-state index in [9.17, 15) is 0 Å². The molecule has 2 nitrogen and oxygen atoms in total. The highest BCUT2D eigenvalue weighted by Crippen LogP contribution is 2.19. The third-order valence-electron chi connectivity index (χ3n) is 3.40. The second-order valence-electron chi connectivity index (χ2n) is 5.36. The molecule has 2 heteroatoms. The third-order valence-corrected chi connectivity index (χ3v) is 3.40. The van der Waals surface area contributed by atoms with E-state index in [-0.39, 0.29) is 0 Å². The zero-order valence-corrected chi connectivity index (χ0v) is 10.4. The Morgan fingerprint density at radius 3 is 2.87 bits per heavy atom. The summed E-state index contributed by atoms with van der Waals surface area (Å²) >= 11 is 0. The molecule has 1 N–H and O–H groups in total. The van der Waals surface area contributed by atoms with Crippen LogP contribution in [0.1, 0.15) is 46.0 Å². The van der Waals surface area contributed by atoms with Gasteiger partial charge in [0.15, 0.2) is 0 Å². The Labute approximate surface area is 94.7 Å². The Balaban J connectivity index is 2.12. The molecule has 1 saturated heterocycles. The lowest BCUT2D eigenvalue weighted by Gasteiger charge is -2.32. The van der Waals surface area contributed by atoms with Crippen LogP contribution in [0.15, 0.2) is 0 Å². The predicted octanol–water partition coefficient (Wildman–Crippen LogP) is 2.52. The van der Waals surface area contributed by atoms with Gasteiger partial charge in [-0.3, -0.25) is 0 Å². The highest BCUT2D eigenvalue weighted by molar-refractivity contribution is 4.72. The summed E-state index contributed by atoms with van der Waals surface area (Å²) in [5.74, 6) is 1.59. The highest BCUT2D eigenvalue weighted by Gasteiger charge is 2.18. The van der Waals surface area contributed by atoms with Crippen molar-refractivity contribution in [2.45, 2.75) is 46.0 Å². The van der Waals surface area contributed by atoms with Gasteiger partial charge in [-0.1, -0.05) is 13.8 Å². The fraction of sp³-hybridized carbons (Fsp3) is 1.00. The summed E-state index contributed by atoms with van der Waals surface area (Å²) in [4.78, 5) is 2.59. The Morgan fingerprint density at radius 1 is 1.40 bits per heavy atom. The number of aliphatic hydroxyl groups is 1.